The smallest absolute Gasteiger partial charge is 0.416 e. The first kappa shape index (κ1) is 18.7. The number of hydrogen-bond acceptors (Lipinski definition) is 4. The zero-order valence-corrected chi connectivity index (χ0v) is 13.4. The zero-order valence-electron chi connectivity index (χ0n) is 13.4. The van der Waals surface area contributed by atoms with Gasteiger partial charge in [0.15, 0.2) is 5.78 Å². The summed E-state index contributed by atoms with van der Waals surface area (Å²) in [6.07, 6.45) is -3.28. The lowest BCUT2D eigenvalue weighted by Crippen LogP contribution is -2.30. The van der Waals surface area contributed by atoms with Crippen LogP contribution in [0, 0.1) is 5.92 Å². The van der Waals surface area contributed by atoms with Gasteiger partial charge in [0, 0.05) is 31.3 Å². The van der Waals surface area contributed by atoms with E-state index in [1.807, 2.05) is 0 Å². The van der Waals surface area contributed by atoms with E-state index in [9.17, 15) is 27.9 Å². The van der Waals surface area contributed by atoms with Crippen LogP contribution >= 0.6 is 0 Å². The van der Waals surface area contributed by atoms with Gasteiger partial charge in [-0.05, 0) is 31.2 Å². The summed E-state index contributed by atoms with van der Waals surface area (Å²) >= 11 is 0. The van der Waals surface area contributed by atoms with Crippen LogP contribution in [0.5, 0.6) is 0 Å². The molecule has 134 valence electrons. The quantitative estimate of drug-likeness (QED) is 0.812. The molecule has 5 nitrogen and oxygen atoms in total. The van der Waals surface area contributed by atoms with Gasteiger partial charge in [0.2, 0.25) is 5.91 Å². The lowest BCUT2D eigenvalue weighted by atomic mass is 9.87. The number of allylic oxidation sites excluding steroid dienone is 2. The number of aliphatic hydroxyl groups is 1. The second-order valence-corrected chi connectivity index (χ2v) is 5.58. The van der Waals surface area contributed by atoms with Crippen molar-refractivity contribution in [3.8, 4) is 0 Å². The Kier molecular flexibility index (Phi) is 5.61. The molecule has 1 aromatic rings. The maximum Gasteiger partial charge on any atom is 0.416 e. The van der Waals surface area contributed by atoms with E-state index >= 15 is 0 Å². The minimum atomic E-state index is -4.45. The van der Waals surface area contributed by atoms with Crippen molar-refractivity contribution >= 4 is 23.6 Å². The molecule has 0 spiro atoms. The van der Waals surface area contributed by atoms with Crippen molar-refractivity contribution in [1.82, 2.24) is 0 Å². The van der Waals surface area contributed by atoms with E-state index in [0.29, 0.717) is 6.54 Å². The van der Waals surface area contributed by atoms with E-state index in [4.69, 9.17) is 0 Å². The average molecular weight is 354 g/mol. The first-order valence-corrected chi connectivity index (χ1v) is 7.65. The lowest BCUT2D eigenvalue weighted by molar-refractivity contribution is -0.137. The number of ketones is 1. The molecule has 0 heterocycles. The van der Waals surface area contributed by atoms with Gasteiger partial charge < -0.3 is 10.4 Å². The maximum absolute atomic E-state index is 12.5. The van der Waals surface area contributed by atoms with Crippen LogP contribution in [-0.4, -0.2) is 29.6 Å². The molecule has 2 rings (SSSR count). The van der Waals surface area contributed by atoms with E-state index in [-0.39, 0.29) is 29.9 Å². The van der Waals surface area contributed by atoms with Gasteiger partial charge in [0.1, 0.15) is 5.76 Å². The van der Waals surface area contributed by atoms with Gasteiger partial charge in [0.25, 0.3) is 0 Å². The highest BCUT2D eigenvalue weighted by molar-refractivity contribution is 6.15. The van der Waals surface area contributed by atoms with E-state index in [1.54, 1.807) is 6.92 Å². The van der Waals surface area contributed by atoms with Crippen LogP contribution in [0.15, 0.2) is 40.6 Å². The van der Waals surface area contributed by atoms with Crippen molar-refractivity contribution in [2.45, 2.75) is 25.9 Å². The molecule has 1 aliphatic carbocycles. The second-order valence-electron chi connectivity index (χ2n) is 5.58. The number of nitrogens with zero attached hydrogens (tertiary/aromatic N) is 1. The topological polar surface area (TPSA) is 78.8 Å². The van der Waals surface area contributed by atoms with Gasteiger partial charge in [0.05, 0.1) is 17.1 Å². The number of hydrogen-bond donors (Lipinski definition) is 2. The third kappa shape index (κ3) is 4.68. The Morgan fingerprint density at radius 2 is 1.96 bits per heavy atom. The molecule has 1 aromatic carbocycles. The minimum absolute atomic E-state index is 0.0245. The fourth-order valence-electron chi connectivity index (χ4n) is 2.41. The fourth-order valence-corrected chi connectivity index (χ4v) is 2.41. The molecule has 25 heavy (non-hydrogen) atoms. The number of amides is 1. The molecule has 1 atom stereocenters. The molecule has 0 radical (unpaired) electrons. The third-order valence-corrected chi connectivity index (χ3v) is 3.74. The van der Waals surface area contributed by atoms with Crippen LogP contribution in [0.2, 0.25) is 0 Å². The number of Topliss-reactive ketones (excluding diaryl/α,β-unsaturated/α-hetero) is 1. The largest absolute Gasteiger partial charge is 0.511 e. The van der Waals surface area contributed by atoms with Crippen molar-refractivity contribution in [3.63, 3.8) is 0 Å². The van der Waals surface area contributed by atoms with Crippen LogP contribution in [0.4, 0.5) is 18.9 Å². The highest BCUT2D eigenvalue weighted by Crippen LogP contribution is 2.30. The van der Waals surface area contributed by atoms with E-state index in [0.717, 1.165) is 24.3 Å². The average Bonchev–Trinajstić information content (AvgIpc) is 2.53. The number of halogens is 3. The van der Waals surface area contributed by atoms with Crippen LogP contribution in [-0.2, 0) is 15.8 Å². The highest BCUT2D eigenvalue weighted by atomic mass is 19.4. The van der Waals surface area contributed by atoms with E-state index in [1.165, 1.54) is 6.21 Å². The molecule has 8 heteroatoms. The Labute approximate surface area is 142 Å². The van der Waals surface area contributed by atoms with Crippen molar-refractivity contribution in [1.29, 1.82) is 0 Å². The van der Waals surface area contributed by atoms with Gasteiger partial charge in [-0.15, -0.1) is 0 Å². The number of benzene rings is 1. The predicted molar refractivity (Wildman–Crippen MR) is 86.5 cm³/mol. The molecule has 1 unspecified atom stereocenters. The fraction of sp³-hybridized carbons (Fsp3) is 0.353. The van der Waals surface area contributed by atoms with Gasteiger partial charge in [-0.25, -0.2) is 0 Å². The summed E-state index contributed by atoms with van der Waals surface area (Å²) in [6.45, 7) is 2.24. The van der Waals surface area contributed by atoms with Crippen LogP contribution in [0.25, 0.3) is 0 Å². The van der Waals surface area contributed by atoms with Gasteiger partial charge >= 0.3 is 6.18 Å². The standard InChI is InChI=1S/C17H17F3N2O3/c1-2-21-9-13-14(23)7-10(8-15(13)24)16(25)22-12-5-3-11(4-6-12)17(18,19)20/h3-6,9-10,23H,2,7-8H2,1H3,(H,22,25). The number of alkyl halides is 3. The number of aliphatic hydroxyl groups excluding tert-OH is 1. The number of aliphatic imine (C=N–C) groups is 1. The SMILES string of the molecule is CCN=CC1=C(O)CC(C(=O)Nc2ccc(C(F)(F)F)cc2)CC1=O. The summed E-state index contributed by atoms with van der Waals surface area (Å²) in [5.74, 6) is -1.92. The molecule has 1 aliphatic rings. The third-order valence-electron chi connectivity index (χ3n) is 3.74. The summed E-state index contributed by atoms with van der Waals surface area (Å²) < 4.78 is 37.5. The molecule has 0 fully saturated rings. The molecule has 0 saturated carbocycles. The first-order chi connectivity index (χ1) is 11.7. The molecular formula is C17H17F3N2O3. The first-order valence-electron chi connectivity index (χ1n) is 7.65. The Bertz CT molecular complexity index is 722. The van der Waals surface area contributed by atoms with Crippen molar-refractivity contribution in [2.24, 2.45) is 10.9 Å². The van der Waals surface area contributed by atoms with Crippen LogP contribution < -0.4 is 5.32 Å². The molecule has 0 aromatic heterocycles. The lowest BCUT2D eigenvalue weighted by Gasteiger charge is -2.21. The van der Waals surface area contributed by atoms with Crippen molar-refractivity contribution in [2.75, 3.05) is 11.9 Å². The van der Waals surface area contributed by atoms with Crippen LogP contribution in [0.1, 0.15) is 25.3 Å². The predicted octanol–water partition coefficient (Wildman–Crippen LogP) is 3.53. The number of anilines is 1. The normalized spacial score (nSPS) is 18.7. The van der Waals surface area contributed by atoms with Crippen molar-refractivity contribution < 1.29 is 27.9 Å². The van der Waals surface area contributed by atoms with E-state index < -0.39 is 29.3 Å². The van der Waals surface area contributed by atoms with Gasteiger partial charge in [-0.3, -0.25) is 14.6 Å². The van der Waals surface area contributed by atoms with Crippen molar-refractivity contribution in [3.05, 3.63) is 41.2 Å². The molecule has 0 saturated heterocycles. The molecule has 0 aliphatic heterocycles. The molecule has 1 amide bonds. The summed E-state index contributed by atoms with van der Waals surface area (Å²) in [4.78, 5) is 28.1. The van der Waals surface area contributed by atoms with Gasteiger partial charge in [-0.1, -0.05) is 0 Å². The second kappa shape index (κ2) is 7.50. The number of carbonyl (C=O) groups excluding carboxylic acids is 2. The Balaban J connectivity index is 2.06. The zero-order chi connectivity index (χ0) is 18.6. The Hall–Kier alpha value is -2.64. The number of nitrogens with one attached hydrogen (secondary N) is 1. The number of rotatable bonds is 4. The maximum atomic E-state index is 12.5. The summed E-state index contributed by atoms with van der Waals surface area (Å²) in [7, 11) is 0. The number of carbonyl (C=O) groups is 2. The highest BCUT2D eigenvalue weighted by Gasteiger charge is 2.32. The molecular weight excluding hydrogens is 337 g/mol. The van der Waals surface area contributed by atoms with Crippen LogP contribution in [0.3, 0.4) is 0 Å². The molecule has 2 N–H and O–H groups in total. The summed E-state index contributed by atoms with van der Waals surface area (Å²) in [6, 6.07) is 4.00. The minimum Gasteiger partial charge on any atom is -0.511 e. The van der Waals surface area contributed by atoms with E-state index in [2.05, 4.69) is 10.3 Å². The Morgan fingerprint density at radius 3 is 2.48 bits per heavy atom. The summed E-state index contributed by atoms with van der Waals surface area (Å²) in [5.41, 5.74) is -0.536. The monoisotopic (exact) mass is 354 g/mol. The molecule has 0 bridgehead atoms. The Morgan fingerprint density at radius 1 is 1.32 bits per heavy atom. The summed E-state index contributed by atoms with van der Waals surface area (Å²) in [5, 5.41) is 12.4. The van der Waals surface area contributed by atoms with Gasteiger partial charge in [-0.2, -0.15) is 13.2 Å².